The minimum atomic E-state index is -0.845. The molecule has 0 aliphatic heterocycles. The number of carbonyl (C=O) groups excluding carboxylic acids is 1. The summed E-state index contributed by atoms with van der Waals surface area (Å²) in [6.45, 7) is 5.53. The fourth-order valence-corrected chi connectivity index (χ4v) is 3.50. The van der Waals surface area contributed by atoms with E-state index in [0.717, 1.165) is 23.1 Å². The summed E-state index contributed by atoms with van der Waals surface area (Å²) in [6.07, 6.45) is 1.35. The van der Waals surface area contributed by atoms with E-state index in [4.69, 9.17) is 5.10 Å². The van der Waals surface area contributed by atoms with Crippen LogP contribution in [0.4, 0.5) is 10.2 Å². The lowest BCUT2D eigenvalue weighted by atomic mass is 9.91. The Morgan fingerprint density at radius 3 is 2.65 bits per heavy atom. The van der Waals surface area contributed by atoms with Gasteiger partial charge in [-0.3, -0.25) is 0 Å². The van der Waals surface area contributed by atoms with Crippen molar-refractivity contribution in [3.05, 3.63) is 70.8 Å². The first kappa shape index (κ1) is 20.6. The molecule has 0 radical (unpaired) electrons. The second-order valence-corrected chi connectivity index (χ2v) is 8.02. The van der Waals surface area contributed by atoms with E-state index in [1.807, 2.05) is 31.2 Å². The minimum absolute atomic E-state index is 0.238. The number of fused-ring (bicyclic) bond motifs is 1. The average Bonchev–Trinajstić information content (AvgIpc) is 3.12. The summed E-state index contributed by atoms with van der Waals surface area (Å²) >= 11 is 0. The molecule has 0 saturated heterocycles. The molecule has 0 bridgehead atoms. The molecule has 2 aromatic heterocycles. The molecule has 158 valence electrons. The maximum Gasteiger partial charge on any atom is 0.272 e. The highest BCUT2D eigenvalue weighted by Gasteiger charge is 2.27. The van der Waals surface area contributed by atoms with Crippen LogP contribution in [0.3, 0.4) is 0 Å². The van der Waals surface area contributed by atoms with E-state index in [2.05, 4.69) is 20.5 Å². The fourth-order valence-electron chi connectivity index (χ4n) is 3.50. The highest BCUT2D eigenvalue weighted by atomic mass is 19.1. The quantitative estimate of drug-likeness (QED) is 0.480. The lowest BCUT2D eigenvalue weighted by Gasteiger charge is -2.18. The number of aryl methyl sites for hydroxylation is 1. The van der Waals surface area contributed by atoms with Crippen LogP contribution in [0.1, 0.15) is 36.4 Å². The Balaban J connectivity index is 1.87. The molecular weight excluding hydrogens is 395 g/mol. The van der Waals surface area contributed by atoms with Gasteiger partial charge in [-0.25, -0.2) is 4.39 Å². The molecule has 0 amide bonds. The molecule has 31 heavy (non-hydrogen) atoms. The zero-order valence-electron chi connectivity index (χ0n) is 17.8. The number of halogens is 1. The average molecular weight is 418 g/mol. The maximum atomic E-state index is 14.1. The van der Waals surface area contributed by atoms with Gasteiger partial charge in [-0.15, -0.1) is 10.2 Å². The van der Waals surface area contributed by atoms with E-state index in [0.29, 0.717) is 28.8 Å². The first-order chi connectivity index (χ1) is 14.8. The second-order valence-electron chi connectivity index (χ2n) is 8.02. The first-order valence-electron chi connectivity index (χ1n) is 9.95. The van der Waals surface area contributed by atoms with Gasteiger partial charge in [0.2, 0.25) is 0 Å². The summed E-state index contributed by atoms with van der Waals surface area (Å²) in [7, 11) is 1.71. The zero-order valence-corrected chi connectivity index (χ0v) is 17.8. The van der Waals surface area contributed by atoms with Crippen molar-refractivity contribution in [3.8, 4) is 5.95 Å². The van der Waals surface area contributed by atoms with E-state index < -0.39 is 5.41 Å². The molecule has 1 N–H and O–H groups in total. The number of rotatable bonds is 6. The third kappa shape index (κ3) is 3.76. The Morgan fingerprint density at radius 2 is 1.94 bits per heavy atom. The molecule has 0 atom stereocenters. The number of nitrogens with zero attached hydrogens (tertiary/aromatic N) is 5. The largest absolute Gasteiger partial charge is 0.371 e. The Kier molecular flexibility index (Phi) is 5.22. The van der Waals surface area contributed by atoms with E-state index in [-0.39, 0.29) is 11.8 Å². The number of nitrogens with one attached hydrogen (secondary N) is 1. The Labute approximate surface area is 179 Å². The van der Waals surface area contributed by atoms with E-state index in [1.54, 1.807) is 31.6 Å². The van der Waals surface area contributed by atoms with Crippen LogP contribution in [0.2, 0.25) is 0 Å². The third-order valence-corrected chi connectivity index (χ3v) is 5.34. The Bertz CT molecular complexity index is 1280. The molecular formula is C23H23FN6O. The van der Waals surface area contributed by atoms with Crippen LogP contribution in [0.5, 0.6) is 0 Å². The van der Waals surface area contributed by atoms with Gasteiger partial charge in [0.15, 0.2) is 5.82 Å². The predicted molar refractivity (Wildman–Crippen MR) is 117 cm³/mol. The number of benzene rings is 2. The minimum Gasteiger partial charge on any atom is -0.371 e. The highest BCUT2D eigenvalue weighted by Crippen LogP contribution is 2.27. The van der Waals surface area contributed by atoms with Gasteiger partial charge in [-0.2, -0.15) is 14.8 Å². The van der Waals surface area contributed by atoms with Gasteiger partial charge in [0.1, 0.15) is 17.8 Å². The normalized spacial score (nSPS) is 11.6. The van der Waals surface area contributed by atoms with E-state index in [1.165, 1.54) is 12.1 Å². The van der Waals surface area contributed by atoms with Crippen molar-refractivity contribution in [2.45, 2.75) is 32.6 Å². The standard InChI is InChI=1S/C23H23FN6O/c1-14-7-5-6-8-15(14)11-18-17-12-16(24)9-10-19(17)30(29-18)22-26-21(25-4)20(27-28-22)23(2,3)13-31/h5-10,12-13H,11H2,1-4H3,(H,25,26,28). The summed E-state index contributed by atoms with van der Waals surface area (Å²) in [5.41, 5.74) is 3.24. The molecule has 0 unspecified atom stereocenters. The topological polar surface area (TPSA) is 85.6 Å². The molecule has 4 rings (SSSR count). The number of carbonyl (C=O) groups is 1. The first-order valence-corrected chi connectivity index (χ1v) is 9.95. The van der Waals surface area contributed by atoms with Crippen molar-refractivity contribution >= 4 is 23.0 Å². The van der Waals surface area contributed by atoms with Crippen molar-refractivity contribution in [2.24, 2.45) is 0 Å². The van der Waals surface area contributed by atoms with Crippen LogP contribution >= 0.6 is 0 Å². The Morgan fingerprint density at radius 1 is 1.16 bits per heavy atom. The Hall–Kier alpha value is -3.68. The van der Waals surface area contributed by atoms with Gasteiger partial charge < -0.3 is 10.1 Å². The summed E-state index contributed by atoms with van der Waals surface area (Å²) in [6, 6.07) is 12.5. The van der Waals surface area contributed by atoms with Crippen LogP contribution in [0, 0.1) is 12.7 Å². The maximum absolute atomic E-state index is 14.1. The van der Waals surface area contributed by atoms with Crippen molar-refractivity contribution in [1.29, 1.82) is 0 Å². The lowest BCUT2D eigenvalue weighted by Crippen LogP contribution is -2.24. The second kappa shape index (κ2) is 7.86. The van der Waals surface area contributed by atoms with Crippen molar-refractivity contribution in [2.75, 3.05) is 12.4 Å². The smallest absolute Gasteiger partial charge is 0.272 e. The van der Waals surface area contributed by atoms with E-state index in [9.17, 15) is 9.18 Å². The molecule has 2 aromatic carbocycles. The summed E-state index contributed by atoms with van der Waals surface area (Å²) in [5, 5.41) is 16.9. The third-order valence-electron chi connectivity index (χ3n) is 5.34. The van der Waals surface area contributed by atoms with Crippen molar-refractivity contribution < 1.29 is 9.18 Å². The summed E-state index contributed by atoms with van der Waals surface area (Å²) in [4.78, 5) is 16.0. The van der Waals surface area contributed by atoms with Crippen LogP contribution < -0.4 is 5.32 Å². The van der Waals surface area contributed by atoms with Crippen molar-refractivity contribution in [1.82, 2.24) is 25.0 Å². The van der Waals surface area contributed by atoms with Crippen LogP contribution in [0.15, 0.2) is 42.5 Å². The molecule has 4 aromatic rings. The van der Waals surface area contributed by atoms with Gasteiger partial charge >= 0.3 is 0 Å². The number of anilines is 1. The van der Waals surface area contributed by atoms with Crippen LogP contribution in [-0.2, 0) is 16.6 Å². The van der Waals surface area contributed by atoms with Gasteiger partial charge in [0, 0.05) is 18.9 Å². The number of hydrogen-bond donors (Lipinski definition) is 1. The monoisotopic (exact) mass is 418 g/mol. The summed E-state index contributed by atoms with van der Waals surface area (Å²) < 4.78 is 15.6. The molecule has 0 aliphatic carbocycles. The van der Waals surface area contributed by atoms with Gasteiger partial charge in [-0.1, -0.05) is 24.3 Å². The zero-order chi connectivity index (χ0) is 22.2. The number of aldehydes is 1. The molecule has 0 saturated carbocycles. The SMILES string of the molecule is CNc1nc(-n2nc(Cc3ccccc3C)c3cc(F)ccc32)nnc1C(C)(C)C=O. The predicted octanol–water partition coefficient (Wildman–Crippen LogP) is 3.77. The molecule has 0 fully saturated rings. The lowest BCUT2D eigenvalue weighted by molar-refractivity contribution is -0.111. The van der Waals surface area contributed by atoms with Gasteiger partial charge in [-0.05, 0) is 50.1 Å². The van der Waals surface area contributed by atoms with Gasteiger partial charge in [0.25, 0.3) is 5.95 Å². The molecule has 0 aliphatic rings. The van der Waals surface area contributed by atoms with Gasteiger partial charge in [0.05, 0.1) is 16.6 Å². The van der Waals surface area contributed by atoms with E-state index >= 15 is 0 Å². The molecule has 2 heterocycles. The fraction of sp³-hybridized carbons (Fsp3) is 0.261. The molecule has 0 spiro atoms. The highest BCUT2D eigenvalue weighted by molar-refractivity contribution is 5.83. The van der Waals surface area contributed by atoms with Crippen molar-refractivity contribution in [3.63, 3.8) is 0 Å². The molecule has 7 nitrogen and oxygen atoms in total. The van der Waals surface area contributed by atoms with Crippen LogP contribution in [-0.4, -0.2) is 38.3 Å². The van der Waals surface area contributed by atoms with Crippen LogP contribution in [0.25, 0.3) is 16.9 Å². The summed E-state index contributed by atoms with van der Waals surface area (Å²) in [5.74, 6) is 0.340. The number of aromatic nitrogens is 5. The molecule has 8 heteroatoms. The number of hydrogen-bond acceptors (Lipinski definition) is 6.